The summed E-state index contributed by atoms with van der Waals surface area (Å²) in [6, 6.07) is 5.81. The Hall–Kier alpha value is -2.17. The third-order valence-electron chi connectivity index (χ3n) is 4.93. The lowest BCUT2D eigenvalue weighted by molar-refractivity contribution is -0.152. The van der Waals surface area contributed by atoms with E-state index in [-0.39, 0.29) is 54.7 Å². The highest BCUT2D eigenvalue weighted by Gasteiger charge is 2.30. The minimum absolute atomic E-state index is 0.0113. The van der Waals surface area contributed by atoms with Gasteiger partial charge in [-0.2, -0.15) is 0 Å². The normalized spacial score (nSPS) is 16.6. The van der Waals surface area contributed by atoms with E-state index in [1.54, 1.807) is 17.9 Å². The van der Waals surface area contributed by atoms with Crippen molar-refractivity contribution in [2.45, 2.75) is 31.1 Å². The fraction of sp³-hybridized carbons (Fsp3) is 0.550. The minimum atomic E-state index is -3.79. The summed E-state index contributed by atoms with van der Waals surface area (Å²) in [5.74, 6) is -1.29. The molecule has 11 heteroatoms. The third kappa shape index (κ3) is 7.48. The highest BCUT2D eigenvalue weighted by molar-refractivity contribution is 7.89. The molecule has 1 N–H and O–H groups in total. The SMILES string of the molecule is CCOC(=O)C1CCCN(C(=O)CN(C)C(=O)CCNS(=O)(=O)c2cccc(Cl)c2)C1. The van der Waals surface area contributed by atoms with E-state index in [1.165, 1.54) is 30.1 Å². The summed E-state index contributed by atoms with van der Waals surface area (Å²) < 4.78 is 31.9. The van der Waals surface area contributed by atoms with Gasteiger partial charge in [0.2, 0.25) is 21.8 Å². The Balaban J connectivity index is 1.81. The highest BCUT2D eigenvalue weighted by atomic mass is 35.5. The third-order valence-corrected chi connectivity index (χ3v) is 6.62. The maximum absolute atomic E-state index is 12.5. The zero-order valence-electron chi connectivity index (χ0n) is 17.7. The van der Waals surface area contributed by atoms with Crippen LogP contribution in [0.3, 0.4) is 0 Å². The smallest absolute Gasteiger partial charge is 0.310 e. The Bertz CT molecular complexity index is 908. The number of likely N-dealkylation sites (N-methyl/N-ethyl adjacent to an activating group) is 1. The molecule has 0 spiro atoms. The van der Waals surface area contributed by atoms with E-state index in [0.29, 0.717) is 31.0 Å². The lowest BCUT2D eigenvalue weighted by Crippen LogP contribution is -2.47. The van der Waals surface area contributed by atoms with Crippen molar-refractivity contribution in [3.8, 4) is 0 Å². The molecule has 172 valence electrons. The molecule has 31 heavy (non-hydrogen) atoms. The number of benzene rings is 1. The molecule has 0 aromatic heterocycles. The van der Waals surface area contributed by atoms with Crippen LogP contribution in [0.25, 0.3) is 0 Å². The molecule has 1 heterocycles. The summed E-state index contributed by atoms with van der Waals surface area (Å²) in [5, 5.41) is 0.292. The van der Waals surface area contributed by atoms with E-state index >= 15 is 0 Å². The number of amides is 2. The summed E-state index contributed by atoms with van der Waals surface area (Å²) in [6.07, 6.45) is 1.26. The van der Waals surface area contributed by atoms with Crippen LogP contribution >= 0.6 is 11.6 Å². The minimum Gasteiger partial charge on any atom is -0.466 e. The van der Waals surface area contributed by atoms with Gasteiger partial charge < -0.3 is 14.5 Å². The Labute approximate surface area is 187 Å². The molecule has 2 rings (SSSR count). The van der Waals surface area contributed by atoms with Gasteiger partial charge in [0.1, 0.15) is 0 Å². The van der Waals surface area contributed by atoms with Crippen molar-refractivity contribution in [3.63, 3.8) is 0 Å². The maximum atomic E-state index is 12.5. The molecule has 1 aromatic rings. The van der Waals surface area contributed by atoms with Gasteiger partial charge in [-0.25, -0.2) is 13.1 Å². The van der Waals surface area contributed by atoms with Crippen LogP contribution in [-0.4, -0.2) is 75.8 Å². The molecule has 0 radical (unpaired) electrons. The average Bonchev–Trinajstić information content (AvgIpc) is 2.73. The van der Waals surface area contributed by atoms with Gasteiger partial charge in [-0.05, 0) is 38.0 Å². The lowest BCUT2D eigenvalue weighted by Gasteiger charge is -2.32. The first kappa shape index (κ1) is 25.1. The standard InChI is InChI=1S/C20H28ClN3O6S/c1-3-30-20(27)15-6-5-11-24(13-15)19(26)14-23(2)18(25)9-10-22-31(28,29)17-8-4-7-16(21)12-17/h4,7-8,12,15,22H,3,5-6,9-11,13-14H2,1-2H3. The Morgan fingerprint density at radius 2 is 2.06 bits per heavy atom. The number of likely N-dealkylation sites (tertiary alicyclic amines) is 1. The van der Waals surface area contributed by atoms with E-state index in [1.807, 2.05) is 0 Å². The molecule has 0 saturated carbocycles. The molecular weight excluding hydrogens is 446 g/mol. The van der Waals surface area contributed by atoms with E-state index in [2.05, 4.69) is 4.72 Å². The molecule has 0 bridgehead atoms. The molecule has 1 aliphatic rings. The van der Waals surface area contributed by atoms with Crippen LogP contribution in [0.15, 0.2) is 29.2 Å². The highest BCUT2D eigenvalue weighted by Crippen LogP contribution is 2.18. The molecule has 1 aromatic carbocycles. The zero-order chi connectivity index (χ0) is 23.0. The molecule has 1 atom stereocenters. The average molecular weight is 474 g/mol. The topological polar surface area (TPSA) is 113 Å². The van der Waals surface area contributed by atoms with Gasteiger partial charge in [-0.15, -0.1) is 0 Å². The van der Waals surface area contributed by atoms with Gasteiger partial charge in [0.25, 0.3) is 0 Å². The predicted molar refractivity (Wildman–Crippen MR) is 115 cm³/mol. The van der Waals surface area contributed by atoms with Crippen molar-refractivity contribution in [1.82, 2.24) is 14.5 Å². The van der Waals surface area contributed by atoms with Crippen LogP contribution in [0.1, 0.15) is 26.2 Å². The van der Waals surface area contributed by atoms with Crippen LogP contribution < -0.4 is 4.72 Å². The van der Waals surface area contributed by atoms with E-state index < -0.39 is 10.0 Å². The number of esters is 1. The number of nitrogens with zero attached hydrogens (tertiary/aromatic N) is 2. The number of carbonyl (C=O) groups excluding carboxylic acids is 3. The summed E-state index contributed by atoms with van der Waals surface area (Å²) in [5.41, 5.74) is 0. The summed E-state index contributed by atoms with van der Waals surface area (Å²) in [6.45, 7) is 2.58. The van der Waals surface area contributed by atoms with Crippen molar-refractivity contribution >= 4 is 39.4 Å². The number of hydrogen-bond acceptors (Lipinski definition) is 6. The van der Waals surface area contributed by atoms with E-state index in [4.69, 9.17) is 16.3 Å². The van der Waals surface area contributed by atoms with Crippen molar-refractivity contribution < 1.29 is 27.5 Å². The second-order valence-corrected chi connectivity index (χ2v) is 9.49. The van der Waals surface area contributed by atoms with Gasteiger partial charge in [-0.1, -0.05) is 17.7 Å². The van der Waals surface area contributed by atoms with E-state index in [0.717, 1.165) is 0 Å². The Morgan fingerprint density at radius 1 is 1.32 bits per heavy atom. The van der Waals surface area contributed by atoms with Crippen molar-refractivity contribution in [1.29, 1.82) is 0 Å². The quantitative estimate of drug-likeness (QED) is 0.540. The number of piperidine rings is 1. The van der Waals surface area contributed by atoms with Crippen molar-refractivity contribution in [2.75, 3.05) is 39.8 Å². The maximum Gasteiger partial charge on any atom is 0.310 e. The summed E-state index contributed by atoms with van der Waals surface area (Å²) in [4.78, 5) is 39.6. The van der Waals surface area contributed by atoms with Crippen LogP contribution in [0.4, 0.5) is 0 Å². The van der Waals surface area contributed by atoms with Gasteiger partial charge in [0.15, 0.2) is 0 Å². The van der Waals surface area contributed by atoms with E-state index in [9.17, 15) is 22.8 Å². The number of halogens is 1. The molecule has 2 amide bonds. The van der Waals surface area contributed by atoms with Gasteiger partial charge >= 0.3 is 5.97 Å². The molecular formula is C20H28ClN3O6S. The van der Waals surface area contributed by atoms with Crippen LogP contribution in [0, 0.1) is 5.92 Å². The first-order valence-corrected chi connectivity index (χ1v) is 11.9. The second kappa shape index (κ2) is 11.4. The number of rotatable bonds is 9. The van der Waals surface area contributed by atoms with Crippen LogP contribution in [-0.2, 0) is 29.1 Å². The number of ether oxygens (including phenoxy) is 1. The molecule has 1 saturated heterocycles. The number of carbonyl (C=O) groups is 3. The summed E-state index contributed by atoms with van der Waals surface area (Å²) in [7, 11) is -2.30. The first-order valence-electron chi connectivity index (χ1n) is 10.1. The Kier molecular flexibility index (Phi) is 9.27. The fourth-order valence-corrected chi connectivity index (χ4v) is 4.58. The number of hydrogen-bond donors (Lipinski definition) is 1. The molecule has 0 aliphatic carbocycles. The van der Waals surface area contributed by atoms with Crippen LogP contribution in [0.2, 0.25) is 5.02 Å². The lowest BCUT2D eigenvalue weighted by atomic mass is 9.98. The monoisotopic (exact) mass is 473 g/mol. The zero-order valence-corrected chi connectivity index (χ0v) is 19.2. The fourth-order valence-electron chi connectivity index (χ4n) is 3.25. The molecule has 1 unspecified atom stereocenters. The first-order chi connectivity index (χ1) is 14.6. The summed E-state index contributed by atoms with van der Waals surface area (Å²) >= 11 is 5.82. The largest absolute Gasteiger partial charge is 0.466 e. The second-order valence-electron chi connectivity index (χ2n) is 7.29. The number of sulfonamides is 1. The molecule has 9 nitrogen and oxygen atoms in total. The van der Waals surface area contributed by atoms with Crippen LogP contribution in [0.5, 0.6) is 0 Å². The van der Waals surface area contributed by atoms with Gasteiger partial charge in [0.05, 0.1) is 24.0 Å². The molecule has 1 fully saturated rings. The van der Waals surface area contributed by atoms with Crippen molar-refractivity contribution in [2.24, 2.45) is 5.92 Å². The Morgan fingerprint density at radius 3 is 2.74 bits per heavy atom. The molecule has 1 aliphatic heterocycles. The predicted octanol–water partition coefficient (Wildman–Crippen LogP) is 1.27. The van der Waals surface area contributed by atoms with Gasteiger partial charge in [0, 0.05) is 38.1 Å². The number of nitrogens with one attached hydrogen (secondary N) is 1. The van der Waals surface area contributed by atoms with Gasteiger partial charge in [-0.3, -0.25) is 14.4 Å². The van der Waals surface area contributed by atoms with Crippen molar-refractivity contribution in [3.05, 3.63) is 29.3 Å².